The Bertz CT molecular complexity index is 308. The molecule has 1 aliphatic heterocycles. The van der Waals surface area contributed by atoms with Crippen LogP contribution in [-0.4, -0.2) is 19.3 Å². The van der Waals surface area contributed by atoms with Crippen LogP contribution in [0, 0.1) is 0 Å². The first-order valence-electron chi connectivity index (χ1n) is 4.86. The second kappa shape index (κ2) is 3.98. The summed E-state index contributed by atoms with van der Waals surface area (Å²) in [5.74, 6) is 0.885. The Morgan fingerprint density at radius 3 is 2.71 bits per heavy atom. The molecule has 3 nitrogen and oxygen atoms in total. The quantitative estimate of drug-likeness (QED) is 0.790. The molecule has 1 atom stereocenters. The Morgan fingerprint density at radius 1 is 1.43 bits per heavy atom. The molecule has 0 unspecified atom stereocenters. The van der Waals surface area contributed by atoms with E-state index in [4.69, 9.17) is 15.2 Å². The van der Waals surface area contributed by atoms with Crippen LogP contribution < -0.4 is 10.5 Å². The van der Waals surface area contributed by atoms with Crippen molar-refractivity contribution in [3.63, 3.8) is 0 Å². The van der Waals surface area contributed by atoms with Gasteiger partial charge in [0.25, 0.3) is 0 Å². The van der Waals surface area contributed by atoms with Gasteiger partial charge in [-0.05, 0) is 13.0 Å². The molecule has 1 heterocycles. The van der Waals surface area contributed by atoms with Crippen molar-refractivity contribution in [1.29, 1.82) is 0 Å². The molecule has 3 heteroatoms. The molecule has 0 bridgehead atoms. The lowest BCUT2D eigenvalue weighted by atomic mass is 10.1. The number of rotatable bonds is 3. The van der Waals surface area contributed by atoms with Gasteiger partial charge in [-0.3, -0.25) is 0 Å². The first-order chi connectivity index (χ1) is 6.77. The Labute approximate surface area is 83.8 Å². The highest BCUT2D eigenvalue weighted by Crippen LogP contribution is 2.25. The first kappa shape index (κ1) is 9.49. The van der Waals surface area contributed by atoms with E-state index in [1.165, 1.54) is 0 Å². The summed E-state index contributed by atoms with van der Waals surface area (Å²) in [6.45, 7) is 3.33. The highest BCUT2D eigenvalue weighted by Gasteiger charge is 2.21. The SMILES string of the molecule is C[C@@H](N)c1ccccc1OC1COC1. The van der Waals surface area contributed by atoms with Crippen LogP contribution >= 0.6 is 0 Å². The van der Waals surface area contributed by atoms with Crippen molar-refractivity contribution >= 4 is 0 Å². The summed E-state index contributed by atoms with van der Waals surface area (Å²) >= 11 is 0. The van der Waals surface area contributed by atoms with Gasteiger partial charge in [0.15, 0.2) is 0 Å². The molecule has 14 heavy (non-hydrogen) atoms. The van der Waals surface area contributed by atoms with Crippen LogP contribution in [0.5, 0.6) is 5.75 Å². The molecule has 76 valence electrons. The van der Waals surface area contributed by atoms with Crippen molar-refractivity contribution in [3.05, 3.63) is 29.8 Å². The van der Waals surface area contributed by atoms with Crippen LogP contribution in [0.1, 0.15) is 18.5 Å². The number of hydrogen-bond donors (Lipinski definition) is 1. The highest BCUT2D eigenvalue weighted by atomic mass is 16.6. The minimum Gasteiger partial charge on any atom is -0.485 e. The molecule has 2 rings (SSSR count). The van der Waals surface area contributed by atoms with Gasteiger partial charge in [0.2, 0.25) is 0 Å². The maximum Gasteiger partial charge on any atom is 0.145 e. The lowest BCUT2D eigenvalue weighted by Crippen LogP contribution is -2.38. The summed E-state index contributed by atoms with van der Waals surface area (Å²) < 4.78 is 10.8. The summed E-state index contributed by atoms with van der Waals surface area (Å²) in [5.41, 5.74) is 6.89. The summed E-state index contributed by atoms with van der Waals surface area (Å²) in [4.78, 5) is 0. The first-order valence-corrected chi connectivity index (χ1v) is 4.86. The number of ether oxygens (including phenoxy) is 2. The standard InChI is InChI=1S/C11H15NO2/c1-8(12)10-4-2-3-5-11(10)14-9-6-13-7-9/h2-5,8-9H,6-7,12H2,1H3/t8-/m1/s1. The van der Waals surface area contributed by atoms with Crippen molar-refractivity contribution in [2.24, 2.45) is 5.73 Å². The van der Waals surface area contributed by atoms with Crippen LogP contribution in [0.2, 0.25) is 0 Å². The molecule has 0 saturated carbocycles. The average Bonchev–Trinajstić information content (AvgIpc) is 2.12. The van der Waals surface area contributed by atoms with Crippen molar-refractivity contribution < 1.29 is 9.47 Å². The number of benzene rings is 1. The molecule has 1 aromatic rings. The van der Waals surface area contributed by atoms with E-state index < -0.39 is 0 Å². The maximum atomic E-state index is 5.84. The zero-order valence-corrected chi connectivity index (χ0v) is 8.27. The third-order valence-electron chi connectivity index (χ3n) is 2.31. The molecular weight excluding hydrogens is 178 g/mol. The van der Waals surface area contributed by atoms with Crippen LogP contribution in [0.25, 0.3) is 0 Å². The number of para-hydroxylation sites is 1. The van der Waals surface area contributed by atoms with Crippen LogP contribution in [0.15, 0.2) is 24.3 Å². The van der Waals surface area contributed by atoms with Gasteiger partial charge in [0, 0.05) is 11.6 Å². The minimum atomic E-state index is 0.00666. The summed E-state index contributed by atoms with van der Waals surface area (Å²) in [5, 5.41) is 0. The van der Waals surface area contributed by atoms with Gasteiger partial charge in [-0.25, -0.2) is 0 Å². The van der Waals surface area contributed by atoms with Gasteiger partial charge in [-0.1, -0.05) is 18.2 Å². The topological polar surface area (TPSA) is 44.5 Å². The maximum absolute atomic E-state index is 5.84. The van der Waals surface area contributed by atoms with Crippen molar-refractivity contribution in [3.8, 4) is 5.75 Å². The molecule has 1 aliphatic rings. The average molecular weight is 193 g/mol. The van der Waals surface area contributed by atoms with E-state index >= 15 is 0 Å². The third-order valence-corrected chi connectivity index (χ3v) is 2.31. The lowest BCUT2D eigenvalue weighted by Gasteiger charge is -2.28. The lowest BCUT2D eigenvalue weighted by molar-refractivity contribution is -0.0800. The van der Waals surface area contributed by atoms with Gasteiger partial charge in [-0.15, -0.1) is 0 Å². The number of hydrogen-bond acceptors (Lipinski definition) is 3. The van der Waals surface area contributed by atoms with E-state index in [2.05, 4.69) is 0 Å². The van der Waals surface area contributed by atoms with Gasteiger partial charge < -0.3 is 15.2 Å². The Balaban J connectivity index is 2.13. The minimum absolute atomic E-state index is 0.00666. The van der Waals surface area contributed by atoms with Crippen molar-refractivity contribution in [2.75, 3.05) is 13.2 Å². The largest absolute Gasteiger partial charge is 0.485 e. The van der Waals surface area contributed by atoms with E-state index in [9.17, 15) is 0 Å². The Kier molecular flexibility index (Phi) is 2.70. The Morgan fingerprint density at radius 2 is 2.14 bits per heavy atom. The highest BCUT2D eigenvalue weighted by molar-refractivity contribution is 5.35. The van der Waals surface area contributed by atoms with Crippen molar-refractivity contribution in [2.45, 2.75) is 19.1 Å². The predicted molar refractivity (Wildman–Crippen MR) is 54.3 cm³/mol. The van der Waals surface area contributed by atoms with E-state index in [-0.39, 0.29) is 12.1 Å². The molecule has 0 spiro atoms. The fourth-order valence-electron chi connectivity index (χ4n) is 1.43. The fraction of sp³-hybridized carbons (Fsp3) is 0.455. The van der Waals surface area contributed by atoms with E-state index in [0.29, 0.717) is 13.2 Å². The van der Waals surface area contributed by atoms with Gasteiger partial charge in [-0.2, -0.15) is 0 Å². The van der Waals surface area contributed by atoms with E-state index in [1.54, 1.807) is 0 Å². The van der Waals surface area contributed by atoms with Crippen LogP contribution in [0.3, 0.4) is 0 Å². The summed E-state index contributed by atoms with van der Waals surface area (Å²) in [6, 6.07) is 7.90. The number of nitrogens with two attached hydrogens (primary N) is 1. The fourth-order valence-corrected chi connectivity index (χ4v) is 1.43. The second-order valence-corrected chi connectivity index (χ2v) is 3.60. The normalized spacial score (nSPS) is 18.7. The predicted octanol–water partition coefficient (Wildman–Crippen LogP) is 1.48. The Hall–Kier alpha value is -1.06. The van der Waals surface area contributed by atoms with Gasteiger partial charge in [0.1, 0.15) is 11.9 Å². The van der Waals surface area contributed by atoms with E-state index in [0.717, 1.165) is 11.3 Å². The zero-order valence-electron chi connectivity index (χ0n) is 8.27. The smallest absolute Gasteiger partial charge is 0.145 e. The second-order valence-electron chi connectivity index (χ2n) is 3.60. The molecule has 0 amide bonds. The molecular formula is C11H15NO2. The van der Waals surface area contributed by atoms with E-state index in [1.807, 2.05) is 31.2 Å². The molecule has 0 aliphatic carbocycles. The molecule has 0 radical (unpaired) electrons. The third kappa shape index (κ3) is 1.89. The monoisotopic (exact) mass is 193 g/mol. The zero-order chi connectivity index (χ0) is 9.97. The van der Waals surface area contributed by atoms with Crippen molar-refractivity contribution in [1.82, 2.24) is 0 Å². The molecule has 0 aromatic heterocycles. The molecule has 1 aromatic carbocycles. The van der Waals surface area contributed by atoms with Gasteiger partial charge >= 0.3 is 0 Å². The molecule has 1 saturated heterocycles. The van der Waals surface area contributed by atoms with Crippen LogP contribution in [-0.2, 0) is 4.74 Å². The summed E-state index contributed by atoms with van der Waals surface area (Å²) in [6.07, 6.45) is 0.204. The molecule has 2 N–H and O–H groups in total. The summed E-state index contributed by atoms with van der Waals surface area (Å²) in [7, 11) is 0. The molecule has 1 fully saturated rings. The van der Waals surface area contributed by atoms with Crippen LogP contribution in [0.4, 0.5) is 0 Å². The van der Waals surface area contributed by atoms with Gasteiger partial charge in [0.05, 0.1) is 13.2 Å².